The van der Waals surface area contributed by atoms with Gasteiger partial charge in [0.25, 0.3) is 0 Å². The van der Waals surface area contributed by atoms with Gasteiger partial charge in [-0.1, -0.05) is 0 Å². The molecule has 1 aliphatic rings. The number of alkyl halides is 3. The van der Waals surface area contributed by atoms with Crippen molar-refractivity contribution in [3.8, 4) is 0 Å². The first-order valence-electron chi connectivity index (χ1n) is 7.68. The van der Waals surface area contributed by atoms with E-state index in [2.05, 4.69) is 30.9 Å². The van der Waals surface area contributed by atoms with Crippen molar-refractivity contribution in [2.24, 2.45) is 4.99 Å². The van der Waals surface area contributed by atoms with Crippen molar-refractivity contribution in [1.82, 2.24) is 20.6 Å². The summed E-state index contributed by atoms with van der Waals surface area (Å²) in [5.74, 6) is 2.90. The number of nitrogens with one attached hydrogen (secondary N) is 3. The molecule has 0 saturated carbocycles. The van der Waals surface area contributed by atoms with Crippen LogP contribution < -0.4 is 16.0 Å². The minimum Gasteiger partial charge on any atom is -0.355 e. The SMILES string of the molecule is CN=C(NCCNc1nccc(C(F)(F)F)n1)NC1CCCSC1. The highest BCUT2D eigenvalue weighted by Crippen LogP contribution is 2.27. The van der Waals surface area contributed by atoms with E-state index in [1.807, 2.05) is 11.8 Å². The van der Waals surface area contributed by atoms with Gasteiger partial charge in [-0.05, 0) is 24.7 Å². The fraction of sp³-hybridized carbons (Fsp3) is 0.643. The second kappa shape index (κ2) is 8.95. The molecule has 1 saturated heterocycles. The van der Waals surface area contributed by atoms with Gasteiger partial charge in [0.15, 0.2) is 5.96 Å². The minimum atomic E-state index is -4.47. The van der Waals surface area contributed by atoms with Gasteiger partial charge in [-0.15, -0.1) is 0 Å². The molecule has 1 unspecified atom stereocenters. The topological polar surface area (TPSA) is 74.2 Å². The van der Waals surface area contributed by atoms with Crippen LogP contribution >= 0.6 is 11.8 Å². The highest BCUT2D eigenvalue weighted by molar-refractivity contribution is 7.99. The summed E-state index contributed by atoms with van der Waals surface area (Å²) in [5, 5.41) is 9.23. The molecule has 0 amide bonds. The third-order valence-electron chi connectivity index (χ3n) is 3.37. The summed E-state index contributed by atoms with van der Waals surface area (Å²) in [6.07, 6.45) is -1.08. The predicted octanol–water partition coefficient (Wildman–Crippen LogP) is 1.97. The Hall–Kier alpha value is -1.71. The summed E-state index contributed by atoms with van der Waals surface area (Å²) in [4.78, 5) is 11.4. The monoisotopic (exact) mass is 362 g/mol. The van der Waals surface area contributed by atoms with Crippen molar-refractivity contribution in [2.75, 3.05) is 37.0 Å². The van der Waals surface area contributed by atoms with E-state index < -0.39 is 11.9 Å². The number of nitrogens with zero attached hydrogens (tertiary/aromatic N) is 3. The highest BCUT2D eigenvalue weighted by atomic mass is 32.2. The van der Waals surface area contributed by atoms with E-state index in [1.165, 1.54) is 12.2 Å². The Morgan fingerprint density at radius 2 is 2.25 bits per heavy atom. The molecule has 0 aliphatic carbocycles. The Bertz CT molecular complexity index is 546. The summed E-state index contributed by atoms with van der Waals surface area (Å²) in [7, 11) is 1.69. The predicted molar refractivity (Wildman–Crippen MR) is 90.4 cm³/mol. The normalized spacial score (nSPS) is 19.0. The van der Waals surface area contributed by atoms with Crippen molar-refractivity contribution in [2.45, 2.75) is 25.1 Å². The lowest BCUT2D eigenvalue weighted by Crippen LogP contribution is -2.46. The van der Waals surface area contributed by atoms with Crippen LogP contribution in [-0.4, -0.2) is 53.6 Å². The first-order valence-corrected chi connectivity index (χ1v) is 8.83. The number of hydrogen-bond donors (Lipinski definition) is 3. The van der Waals surface area contributed by atoms with E-state index in [0.717, 1.165) is 24.4 Å². The fourth-order valence-corrected chi connectivity index (χ4v) is 3.27. The molecule has 10 heteroatoms. The van der Waals surface area contributed by atoms with Crippen LogP contribution in [0, 0.1) is 0 Å². The van der Waals surface area contributed by atoms with Gasteiger partial charge in [0, 0.05) is 38.1 Å². The van der Waals surface area contributed by atoms with Crippen molar-refractivity contribution in [3.63, 3.8) is 0 Å². The number of halogens is 3. The Morgan fingerprint density at radius 1 is 1.42 bits per heavy atom. The Morgan fingerprint density at radius 3 is 2.92 bits per heavy atom. The lowest BCUT2D eigenvalue weighted by atomic mass is 10.2. The molecule has 1 atom stereocenters. The average molecular weight is 362 g/mol. The molecule has 3 N–H and O–H groups in total. The van der Waals surface area contributed by atoms with E-state index >= 15 is 0 Å². The van der Waals surface area contributed by atoms with E-state index in [0.29, 0.717) is 25.1 Å². The van der Waals surface area contributed by atoms with E-state index in [9.17, 15) is 13.2 Å². The molecule has 1 fully saturated rings. The Balaban J connectivity index is 1.73. The maximum absolute atomic E-state index is 12.6. The van der Waals surface area contributed by atoms with Gasteiger partial charge in [-0.3, -0.25) is 4.99 Å². The third kappa shape index (κ3) is 6.06. The lowest BCUT2D eigenvalue weighted by molar-refractivity contribution is -0.141. The van der Waals surface area contributed by atoms with Crippen molar-refractivity contribution in [1.29, 1.82) is 0 Å². The van der Waals surface area contributed by atoms with Crippen molar-refractivity contribution >= 4 is 23.7 Å². The van der Waals surface area contributed by atoms with Crippen molar-refractivity contribution in [3.05, 3.63) is 18.0 Å². The molecule has 2 rings (SSSR count). The van der Waals surface area contributed by atoms with Crippen molar-refractivity contribution < 1.29 is 13.2 Å². The van der Waals surface area contributed by atoms with E-state index in [1.54, 1.807) is 7.05 Å². The summed E-state index contributed by atoms with van der Waals surface area (Å²) >= 11 is 1.92. The van der Waals surface area contributed by atoms with Gasteiger partial charge >= 0.3 is 6.18 Å². The number of rotatable bonds is 5. The van der Waals surface area contributed by atoms with Crippen LogP contribution in [-0.2, 0) is 6.18 Å². The number of anilines is 1. The largest absolute Gasteiger partial charge is 0.433 e. The molecule has 2 heterocycles. The zero-order valence-corrected chi connectivity index (χ0v) is 14.2. The first-order chi connectivity index (χ1) is 11.5. The van der Waals surface area contributed by atoms with Crippen LogP contribution in [0.1, 0.15) is 18.5 Å². The maximum Gasteiger partial charge on any atom is 0.433 e. The second-order valence-electron chi connectivity index (χ2n) is 5.25. The third-order valence-corrected chi connectivity index (χ3v) is 4.59. The van der Waals surface area contributed by atoms with Gasteiger partial charge in [0.1, 0.15) is 5.69 Å². The van der Waals surface area contributed by atoms with Crippen LogP contribution in [0.25, 0.3) is 0 Å². The maximum atomic E-state index is 12.6. The average Bonchev–Trinajstić information content (AvgIpc) is 2.58. The molecule has 1 aromatic heterocycles. The van der Waals surface area contributed by atoms with Gasteiger partial charge in [-0.25, -0.2) is 9.97 Å². The molecule has 24 heavy (non-hydrogen) atoms. The zero-order valence-electron chi connectivity index (χ0n) is 13.4. The summed E-state index contributed by atoms with van der Waals surface area (Å²) < 4.78 is 37.7. The molecule has 1 aliphatic heterocycles. The second-order valence-corrected chi connectivity index (χ2v) is 6.40. The Labute approximate surface area is 143 Å². The van der Waals surface area contributed by atoms with Crippen LogP contribution in [0.3, 0.4) is 0 Å². The van der Waals surface area contributed by atoms with Crippen LogP contribution in [0.15, 0.2) is 17.3 Å². The van der Waals surface area contributed by atoms with Crippen LogP contribution in [0.2, 0.25) is 0 Å². The first kappa shape index (κ1) is 18.6. The highest BCUT2D eigenvalue weighted by Gasteiger charge is 2.32. The van der Waals surface area contributed by atoms with Gasteiger partial charge < -0.3 is 16.0 Å². The van der Waals surface area contributed by atoms with Gasteiger partial charge in [-0.2, -0.15) is 24.9 Å². The number of guanidine groups is 1. The minimum absolute atomic E-state index is 0.0433. The number of aromatic nitrogens is 2. The van der Waals surface area contributed by atoms with Gasteiger partial charge in [0.05, 0.1) is 0 Å². The lowest BCUT2D eigenvalue weighted by Gasteiger charge is -2.24. The van der Waals surface area contributed by atoms with Crippen LogP contribution in [0.5, 0.6) is 0 Å². The quantitative estimate of drug-likeness (QED) is 0.423. The molecule has 0 bridgehead atoms. The number of thioether (sulfide) groups is 1. The summed E-state index contributed by atoms with van der Waals surface area (Å²) in [6.45, 7) is 0.862. The number of aliphatic imine (C=N–C) groups is 1. The molecule has 0 radical (unpaired) electrons. The van der Waals surface area contributed by atoms with Crippen LogP contribution in [0.4, 0.5) is 19.1 Å². The zero-order chi connectivity index (χ0) is 17.4. The molecule has 134 valence electrons. The molecule has 1 aromatic rings. The van der Waals surface area contributed by atoms with E-state index in [-0.39, 0.29) is 5.95 Å². The Kier molecular flexibility index (Phi) is 6.95. The van der Waals surface area contributed by atoms with E-state index in [4.69, 9.17) is 0 Å². The summed E-state index contributed by atoms with van der Waals surface area (Å²) in [5.41, 5.74) is -0.958. The standard InChI is InChI=1S/C14H21F3N6S/c1-18-12(22-10-3-2-8-24-9-10)20-6-7-21-13-19-5-4-11(23-13)14(15,16)17/h4-5,10H,2-3,6-9H2,1H3,(H2,18,20,22)(H,19,21,23). The fourth-order valence-electron chi connectivity index (χ4n) is 2.20. The molecule has 0 aromatic carbocycles. The molecule has 0 spiro atoms. The molecular weight excluding hydrogens is 341 g/mol. The number of hydrogen-bond acceptors (Lipinski definition) is 5. The smallest absolute Gasteiger partial charge is 0.355 e. The summed E-state index contributed by atoms with van der Waals surface area (Å²) in [6, 6.07) is 1.24. The molecular formula is C14H21F3N6S. The molecule has 6 nitrogen and oxygen atoms in total. The van der Waals surface area contributed by atoms with Gasteiger partial charge in [0.2, 0.25) is 5.95 Å².